The van der Waals surface area contributed by atoms with E-state index in [1.165, 1.54) is 17.0 Å². The van der Waals surface area contributed by atoms with Crippen LogP contribution in [0.3, 0.4) is 0 Å². The number of amides is 1. The Balaban J connectivity index is 1.85. The number of halogens is 1. The zero-order valence-corrected chi connectivity index (χ0v) is 13.4. The predicted molar refractivity (Wildman–Crippen MR) is 90.5 cm³/mol. The molecule has 4 rings (SSSR count). The first-order valence-corrected chi connectivity index (χ1v) is 8.19. The monoisotopic (exact) mass is 337 g/mol. The van der Waals surface area contributed by atoms with E-state index in [2.05, 4.69) is 0 Å². The first kappa shape index (κ1) is 15.6. The van der Waals surface area contributed by atoms with Gasteiger partial charge in [0.25, 0.3) is 5.91 Å². The van der Waals surface area contributed by atoms with Crippen LogP contribution in [-0.4, -0.2) is 16.8 Å². The van der Waals surface area contributed by atoms with Gasteiger partial charge in [0.1, 0.15) is 5.82 Å². The van der Waals surface area contributed by atoms with Gasteiger partial charge in [-0.15, -0.1) is 0 Å². The van der Waals surface area contributed by atoms with Gasteiger partial charge in [0.05, 0.1) is 11.6 Å². The number of rotatable bonds is 4. The molecule has 5 heteroatoms. The van der Waals surface area contributed by atoms with Crippen LogP contribution in [0.25, 0.3) is 0 Å². The third-order valence-electron chi connectivity index (χ3n) is 4.64. The molecule has 1 heterocycles. The SMILES string of the molecule is O=C(C1=C(O)C(=O)N(c2ccccc2)[C@H]1c1ccc(F)cc1)C1CC1. The largest absolute Gasteiger partial charge is 0.503 e. The first-order valence-electron chi connectivity index (χ1n) is 8.19. The van der Waals surface area contributed by atoms with Crippen molar-refractivity contribution in [3.8, 4) is 0 Å². The predicted octanol–water partition coefficient (Wildman–Crippen LogP) is 3.70. The van der Waals surface area contributed by atoms with Crippen molar-refractivity contribution in [2.45, 2.75) is 18.9 Å². The number of hydrogen-bond acceptors (Lipinski definition) is 3. The van der Waals surface area contributed by atoms with Crippen LogP contribution in [0.5, 0.6) is 0 Å². The lowest BCUT2D eigenvalue weighted by molar-refractivity contribution is -0.118. The van der Waals surface area contributed by atoms with Crippen LogP contribution in [0.2, 0.25) is 0 Å². The Labute approximate surface area is 144 Å². The molecular weight excluding hydrogens is 321 g/mol. The number of benzene rings is 2. The highest BCUT2D eigenvalue weighted by Gasteiger charge is 2.47. The summed E-state index contributed by atoms with van der Waals surface area (Å²) in [5.74, 6) is -1.84. The van der Waals surface area contributed by atoms with E-state index >= 15 is 0 Å². The number of nitrogens with zero attached hydrogens (tertiary/aromatic N) is 1. The van der Waals surface area contributed by atoms with Crippen molar-refractivity contribution in [2.75, 3.05) is 4.90 Å². The fourth-order valence-electron chi connectivity index (χ4n) is 3.24. The van der Waals surface area contributed by atoms with Crippen LogP contribution < -0.4 is 4.90 Å². The molecule has 25 heavy (non-hydrogen) atoms. The molecule has 0 saturated heterocycles. The second-order valence-corrected chi connectivity index (χ2v) is 6.37. The molecular formula is C20H16FNO3. The van der Waals surface area contributed by atoms with Crippen molar-refractivity contribution in [1.82, 2.24) is 0 Å². The number of carbonyl (C=O) groups excluding carboxylic acids is 2. The van der Waals surface area contributed by atoms with E-state index in [-0.39, 0.29) is 17.3 Å². The average molecular weight is 337 g/mol. The number of hydrogen-bond donors (Lipinski definition) is 1. The molecule has 1 atom stereocenters. The molecule has 1 amide bonds. The number of ketones is 1. The van der Waals surface area contributed by atoms with Crippen LogP contribution in [0.4, 0.5) is 10.1 Å². The van der Waals surface area contributed by atoms with E-state index in [0.717, 1.165) is 12.8 Å². The number of carbonyl (C=O) groups is 2. The molecule has 1 fully saturated rings. The molecule has 1 saturated carbocycles. The fourth-order valence-corrected chi connectivity index (χ4v) is 3.24. The molecule has 0 bridgehead atoms. The molecule has 4 nitrogen and oxygen atoms in total. The summed E-state index contributed by atoms with van der Waals surface area (Å²) in [6.07, 6.45) is 1.54. The Morgan fingerprint density at radius 2 is 1.68 bits per heavy atom. The molecule has 1 aliphatic carbocycles. The summed E-state index contributed by atoms with van der Waals surface area (Å²) in [6, 6.07) is 13.8. The van der Waals surface area contributed by atoms with E-state index in [9.17, 15) is 19.1 Å². The molecule has 126 valence electrons. The van der Waals surface area contributed by atoms with Gasteiger partial charge in [0.15, 0.2) is 11.5 Å². The maximum Gasteiger partial charge on any atom is 0.294 e. The maximum atomic E-state index is 13.3. The van der Waals surface area contributed by atoms with Crippen LogP contribution in [0.1, 0.15) is 24.4 Å². The van der Waals surface area contributed by atoms with E-state index < -0.39 is 23.5 Å². The summed E-state index contributed by atoms with van der Waals surface area (Å²) < 4.78 is 13.3. The van der Waals surface area contributed by atoms with Crippen molar-refractivity contribution in [3.63, 3.8) is 0 Å². The molecule has 0 radical (unpaired) electrons. The molecule has 0 aromatic heterocycles. The second kappa shape index (κ2) is 5.84. The average Bonchev–Trinajstić information content (AvgIpc) is 3.44. The summed E-state index contributed by atoms with van der Waals surface area (Å²) in [4.78, 5) is 26.8. The van der Waals surface area contributed by atoms with Gasteiger partial charge in [0.2, 0.25) is 0 Å². The molecule has 1 N–H and O–H groups in total. The van der Waals surface area contributed by atoms with Crippen molar-refractivity contribution >= 4 is 17.4 Å². The van der Waals surface area contributed by atoms with Crippen molar-refractivity contribution in [2.24, 2.45) is 5.92 Å². The lowest BCUT2D eigenvalue weighted by Gasteiger charge is -2.27. The number of anilines is 1. The Bertz CT molecular complexity index is 870. The highest BCUT2D eigenvalue weighted by Crippen LogP contribution is 2.44. The van der Waals surface area contributed by atoms with Gasteiger partial charge in [-0.2, -0.15) is 0 Å². The zero-order valence-electron chi connectivity index (χ0n) is 13.4. The molecule has 2 aliphatic rings. The third-order valence-corrected chi connectivity index (χ3v) is 4.64. The number of Topliss-reactive ketones (excluding diaryl/α,β-unsaturated/α-hetero) is 1. The lowest BCUT2D eigenvalue weighted by atomic mass is 9.94. The molecule has 1 aliphatic heterocycles. The maximum absolute atomic E-state index is 13.3. The first-order chi connectivity index (χ1) is 12.1. The summed E-state index contributed by atoms with van der Waals surface area (Å²) in [5, 5.41) is 10.4. The number of para-hydroxylation sites is 1. The van der Waals surface area contributed by atoms with Crippen LogP contribution >= 0.6 is 0 Å². The number of aliphatic hydroxyl groups is 1. The summed E-state index contributed by atoms with van der Waals surface area (Å²) in [6.45, 7) is 0. The quantitative estimate of drug-likeness (QED) is 0.925. The summed E-state index contributed by atoms with van der Waals surface area (Å²) >= 11 is 0. The minimum Gasteiger partial charge on any atom is -0.503 e. The summed E-state index contributed by atoms with van der Waals surface area (Å²) in [7, 11) is 0. The van der Waals surface area contributed by atoms with Crippen molar-refractivity contribution in [1.29, 1.82) is 0 Å². The normalized spacial score (nSPS) is 20.3. The Morgan fingerprint density at radius 1 is 1.04 bits per heavy atom. The Kier molecular flexibility index (Phi) is 3.64. The molecule has 0 unspecified atom stereocenters. The standard InChI is InChI=1S/C20H16FNO3/c21-14-10-8-12(9-11-14)17-16(18(23)13-6-7-13)19(24)20(25)22(17)15-4-2-1-3-5-15/h1-5,8-11,13,17,24H,6-7H2/t17-/m0/s1. The van der Waals surface area contributed by atoms with Gasteiger partial charge in [-0.25, -0.2) is 4.39 Å². The van der Waals surface area contributed by atoms with Crippen LogP contribution in [0.15, 0.2) is 65.9 Å². The van der Waals surface area contributed by atoms with Gasteiger partial charge in [0, 0.05) is 11.6 Å². The van der Waals surface area contributed by atoms with Crippen molar-refractivity contribution in [3.05, 3.63) is 77.3 Å². The third kappa shape index (κ3) is 2.61. The molecule has 2 aromatic rings. The van der Waals surface area contributed by atoms with Gasteiger partial charge in [-0.3, -0.25) is 14.5 Å². The Hall–Kier alpha value is -2.95. The molecule has 0 spiro atoms. The minimum atomic E-state index is -0.747. The highest BCUT2D eigenvalue weighted by molar-refractivity contribution is 6.17. The van der Waals surface area contributed by atoms with Gasteiger partial charge in [-0.05, 0) is 42.7 Å². The number of aliphatic hydroxyl groups excluding tert-OH is 1. The van der Waals surface area contributed by atoms with Crippen molar-refractivity contribution < 1.29 is 19.1 Å². The van der Waals surface area contributed by atoms with E-state index in [4.69, 9.17) is 0 Å². The lowest BCUT2D eigenvalue weighted by Crippen LogP contribution is -2.31. The topological polar surface area (TPSA) is 57.6 Å². The van der Waals surface area contributed by atoms with E-state index in [1.54, 1.807) is 36.4 Å². The van der Waals surface area contributed by atoms with Gasteiger partial charge < -0.3 is 5.11 Å². The van der Waals surface area contributed by atoms with Crippen LogP contribution in [-0.2, 0) is 9.59 Å². The van der Waals surface area contributed by atoms with Gasteiger partial charge in [-0.1, -0.05) is 30.3 Å². The second-order valence-electron chi connectivity index (χ2n) is 6.37. The van der Waals surface area contributed by atoms with E-state index in [0.29, 0.717) is 11.3 Å². The van der Waals surface area contributed by atoms with E-state index in [1.807, 2.05) is 6.07 Å². The fraction of sp³-hybridized carbons (Fsp3) is 0.200. The molecule has 2 aromatic carbocycles. The van der Waals surface area contributed by atoms with Crippen LogP contribution in [0, 0.1) is 11.7 Å². The summed E-state index contributed by atoms with van der Waals surface area (Å²) in [5.41, 5.74) is 1.28. The zero-order chi connectivity index (χ0) is 17.6. The highest BCUT2D eigenvalue weighted by atomic mass is 19.1. The minimum absolute atomic E-state index is 0.114. The smallest absolute Gasteiger partial charge is 0.294 e. The van der Waals surface area contributed by atoms with Gasteiger partial charge >= 0.3 is 0 Å². The Morgan fingerprint density at radius 3 is 2.28 bits per heavy atom.